The minimum atomic E-state index is -0.528. The average Bonchev–Trinajstić information content (AvgIpc) is 2.71. The molecule has 1 atom stereocenters. The molecule has 0 saturated carbocycles. The molecule has 1 fully saturated rings. The van der Waals surface area contributed by atoms with E-state index in [0.29, 0.717) is 18.8 Å². The summed E-state index contributed by atoms with van der Waals surface area (Å²) in [4.78, 5) is 28.4. The monoisotopic (exact) mass is 382 g/mol. The molecule has 4 nitrogen and oxygen atoms in total. The Bertz CT molecular complexity index is 766. The van der Waals surface area contributed by atoms with Crippen molar-refractivity contribution in [1.82, 2.24) is 10.2 Å². The molecular formula is C22H26N2O2S. The van der Waals surface area contributed by atoms with Gasteiger partial charge >= 0.3 is 0 Å². The van der Waals surface area contributed by atoms with Gasteiger partial charge in [-0.1, -0.05) is 48.5 Å². The van der Waals surface area contributed by atoms with E-state index in [-0.39, 0.29) is 11.8 Å². The van der Waals surface area contributed by atoms with E-state index in [0.717, 1.165) is 29.8 Å². The van der Waals surface area contributed by atoms with Gasteiger partial charge in [-0.2, -0.15) is 0 Å². The average molecular weight is 383 g/mol. The SMILES string of the molecule is CC1(C(=O)NCc2ccccc2)CCCN(C(=O)CSc2ccccc2)C1. The molecule has 142 valence electrons. The fraction of sp³-hybridized carbons (Fsp3) is 0.364. The van der Waals surface area contributed by atoms with E-state index < -0.39 is 5.41 Å². The highest BCUT2D eigenvalue weighted by Gasteiger charge is 2.39. The highest BCUT2D eigenvalue weighted by molar-refractivity contribution is 8.00. The molecular weight excluding hydrogens is 356 g/mol. The second kappa shape index (κ2) is 9.09. The molecule has 1 N–H and O–H groups in total. The Kier molecular flexibility index (Phi) is 6.56. The molecule has 0 bridgehead atoms. The first-order chi connectivity index (χ1) is 13.1. The van der Waals surface area contributed by atoms with Crippen molar-refractivity contribution in [2.45, 2.75) is 31.2 Å². The Morgan fingerprint density at radius 3 is 2.44 bits per heavy atom. The summed E-state index contributed by atoms with van der Waals surface area (Å²) < 4.78 is 0. The number of carbonyl (C=O) groups is 2. The molecule has 5 heteroatoms. The zero-order valence-corrected chi connectivity index (χ0v) is 16.5. The van der Waals surface area contributed by atoms with Crippen LogP contribution in [0.25, 0.3) is 0 Å². The molecule has 1 aliphatic heterocycles. The molecule has 3 rings (SSSR count). The molecule has 0 radical (unpaired) electrons. The van der Waals surface area contributed by atoms with Gasteiger partial charge in [-0.05, 0) is 37.5 Å². The summed E-state index contributed by atoms with van der Waals surface area (Å²) >= 11 is 1.55. The third kappa shape index (κ3) is 5.36. The van der Waals surface area contributed by atoms with Crippen molar-refractivity contribution in [3.63, 3.8) is 0 Å². The van der Waals surface area contributed by atoms with Gasteiger partial charge < -0.3 is 10.2 Å². The summed E-state index contributed by atoms with van der Waals surface area (Å²) in [7, 11) is 0. The lowest BCUT2D eigenvalue weighted by atomic mass is 9.81. The number of nitrogens with one attached hydrogen (secondary N) is 1. The summed E-state index contributed by atoms with van der Waals surface area (Å²) in [5, 5.41) is 3.04. The van der Waals surface area contributed by atoms with Gasteiger partial charge in [0.2, 0.25) is 11.8 Å². The lowest BCUT2D eigenvalue weighted by Gasteiger charge is -2.39. The first-order valence-electron chi connectivity index (χ1n) is 9.35. The van der Waals surface area contributed by atoms with Gasteiger partial charge in [0.15, 0.2) is 0 Å². The summed E-state index contributed by atoms with van der Waals surface area (Å²) in [5.41, 5.74) is 0.553. The Morgan fingerprint density at radius 2 is 1.74 bits per heavy atom. The third-order valence-corrected chi connectivity index (χ3v) is 6.00. The molecule has 1 unspecified atom stereocenters. The molecule has 1 saturated heterocycles. The van der Waals surface area contributed by atoms with E-state index in [4.69, 9.17) is 0 Å². The van der Waals surface area contributed by atoms with Crippen LogP contribution in [0, 0.1) is 5.41 Å². The van der Waals surface area contributed by atoms with Gasteiger partial charge in [0.05, 0.1) is 11.2 Å². The Morgan fingerprint density at radius 1 is 1.07 bits per heavy atom. The number of carbonyl (C=O) groups excluding carboxylic acids is 2. The summed E-state index contributed by atoms with van der Waals surface area (Å²) in [6.07, 6.45) is 1.67. The molecule has 0 aromatic heterocycles. The van der Waals surface area contributed by atoms with Crippen molar-refractivity contribution in [3.8, 4) is 0 Å². The van der Waals surface area contributed by atoms with Crippen LogP contribution in [-0.2, 0) is 16.1 Å². The van der Waals surface area contributed by atoms with Crippen LogP contribution < -0.4 is 5.32 Å². The van der Waals surface area contributed by atoms with Gasteiger partial charge in [0.25, 0.3) is 0 Å². The van der Waals surface area contributed by atoms with E-state index in [9.17, 15) is 9.59 Å². The van der Waals surface area contributed by atoms with Crippen molar-refractivity contribution in [2.24, 2.45) is 5.41 Å². The molecule has 2 amide bonds. The fourth-order valence-corrected chi connectivity index (χ4v) is 4.20. The lowest BCUT2D eigenvalue weighted by molar-refractivity contribution is -0.139. The highest BCUT2D eigenvalue weighted by Crippen LogP contribution is 2.30. The van der Waals surface area contributed by atoms with E-state index in [2.05, 4.69) is 5.32 Å². The standard InChI is InChI=1S/C22H26N2O2S/c1-22(21(26)23-15-18-9-4-2-5-10-18)13-8-14-24(17-22)20(25)16-27-19-11-6-3-7-12-19/h2-7,9-12H,8,13-17H2,1H3,(H,23,26). The van der Waals surface area contributed by atoms with Gasteiger partial charge in [0, 0.05) is 24.5 Å². The second-order valence-corrected chi connectivity index (χ2v) is 8.30. The van der Waals surface area contributed by atoms with E-state index in [1.807, 2.05) is 72.5 Å². The van der Waals surface area contributed by atoms with Gasteiger partial charge in [-0.25, -0.2) is 0 Å². The number of piperidine rings is 1. The van der Waals surface area contributed by atoms with Crippen LogP contribution in [-0.4, -0.2) is 35.6 Å². The van der Waals surface area contributed by atoms with Crippen LogP contribution in [0.1, 0.15) is 25.3 Å². The van der Waals surface area contributed by atoms with Crippen LogP contribution in [0.15, 0.2) is 65.6 Å². The predicted octanol–water partition coefficient (Wildman–Crippen LogP) is 3.72. The number of benzene rings is 2. The highest BCUT2D eigenvalue weighted by atomic mass is 32.2. The number of rotatable bonds is 6. The van der Waals surface area contributed by atoms with E-state index in [1.54, 1.807) is 11.8 Å². The van der Waals surface area contributed by atoms with Crippen molar-refractivity contribution in [3.05, 3.63) is 66.2 Å². The van der Waals surface area contributed by atoms with Gasteiger partial charge in [-0.15, -0.1) is 11.8 Å². The largest absolute Gasteiger partial charge is 0.351 e. The van der Waals surface area contributed by atoms with Crippen molar-refractivity contribution >= 4 is 23.6 Å². The number of thioether (sulfide) groups is 1. The van der Waals surface area contributed by atoms with Gasteiger partial charge in [-0.3, -0.25) is 9.59 Å². The van der Waals surface area contributed by atoms with E-state index >= 15 is 0 Å². The van der Waals surface area contributed by atoms with Gasteiger partial charge in [0.1, 0.15) is 0 Å². The van der Waals surface area contributed by atoms with Crippen molar-refractivity contribution < 1.29 is 9.59 Å². The van der Waals surface area contributed by atoms with Crippen LogP contribution >= 0.6 is 11.8 Å². The zero-order chi connectivity index (χ0) is 19.1. The number of hydrogen-bond donors (Lipinski definition) is 1. The Labute approximate surface area is 165 Å². The molecule has 1 aliphatic rings. The minimum Gasteiger partial charge on any atom is -0.351 e. The summed E-state index contributed by atoms with van der Waals surface area (Å²) in [5.74, 6) is 0.538. The first-order valence-corrected chi connectivity index (χ1v) is 10.3. The smallest absolute Gasteiger partial charge is 0.232 e. The van der Waals surface area contributed by atoms with Crippen molar-refractivity contribution in [2.75, 3.05) is 18.8 Å². The maximum Gasteiger partial charge on any atom is 0.232 e. The predicted molar refractivity (Wildman–Crippen MR) is 109 cm³/mol. The number of likely N-dealkylation sites (tertiary alicyclic amines) is 1. The molecule has 0 spiro atoms. The molecule has 2 aromatic rings. The second-order valence-electron chi connectivity index (χ2n) is 7.25. The van der Waals surface area contributed by atoms with Crippen LogP contribution in [0.5, 0.6) is 0 Å². The van der Waals surface area contributed by atoms with Crippen LogP contribution in [0.3, 0.4) is 0 Å². The van der Waals surface area contributed by atoms with Crippen molar-refractivity contribution in [1.29, 1.82) is 0 Å². The number of hydrogen-bond acceptors (Lipinski definition) is 3. The number of nitrogens with zero attached hydrogens (tertiary/aromatic N) is 1. The zero-order valence-electron chi connectivity index (χ0n) is 15.7. The maximum absolute atomic E-state index is 12.8. The molecule has 27 heavy (non-hydrogen) atoms. The lowest BCUT2D eigenvalue weighted by Crippen LogP contribution is -2.52. The first kappa shape index (κ1) is 19.5. The quantitative estimate of drug-likeness (QED) is 0.775. The normalized spacial score (nSPS) is 19.5. The maximum atomic E-state index is 12.8. The van der Waals surface area contributed by atoms with E-state index in [1.165, 1.54) is 0 Å². The molecule has 2 aromatic carbocycles. The Balaban J connectivity index is 1.53. The third-order valence-electron chi connectivity index (χ3n) is 5.00. The number of amides is 2. The molecule has 0 aliphatic carbocycles. The Hall–Kier alpha value is -2.27. The summed E-state index contributed by atoms with van der Waals surface area (Å²) in [6, 6.07) is 19.8. The summed E-state index contributed by atoms with van der Waals surface area (Å²) in [6.45, 7) is 3.71. The van der Waals surface area contributed by atoms with Crippen LogP contribution in [0.4, 0.5) is 0 Å². The van der Waals surface area contributed by atoms with Crippen LogP contribution in [0.2, 0.25) is 0 Å². The molecule has 1 heterocycles. The minimum absolute atomic E-state index is 0.0274. The fourth-order valence-electron chi connectivity index (χ4n) is 3.38. The topological polar surface area (TPSA) is 49.4 Å².